The summed E-state index contributed by atoms with van der Waals surface area (Å²) in [6.45, 7) is 2.19. The molecular formula is C18H22N2O. The van der Waals surface area contributed by atoms with Crippen molar-refractivity contribution in [2.24, 2.45) is 5.92 Å². The molecule has 0 saturated carbocycles. The fourth-order valence-corrected chi connectivity index (χ4v) is 3.09. The number of aliphatic hydroxyl groups is 1. The lowest BCUT2D eigenvalue weighted by atomic mass is 9.90. The van der Waals surface area contributed by atoms with Crippen LogP contribution in [0, 0.1) is 5.92 Å². The van der Waals surface area contributed by atoms with Gasteiger partial charge in [0.15, 0.2) is 0 Å². The number of nitrogens with zero attached hydrogens (tertiary/aromatic N) is 2. The van der Waals surface area contributed by atoms with Gasteiger partial charge in [-0.3, -0.25) is 4.98 Å². The first-order chi connectivity index (χ1) is 10.3. The molecule has 1 N–H and O–H groups in total. The molecule has 0 aliphatic carbocycles. The predicted molar refractivity (Wildman–Crippen MR) is 85.2 cm³/mol. The van der Waals surface area contributed by atoms with Crippen LogP contribution in [0.25, 0.3) is 0 Å². The number of rotatable bonds is 4. The summed E-state index contributed by atoms with van der Waals surface area (Å²) < 4.78 is 0. The van der Waals surface area contributed by atoms with Crippen LogP contribution in [-0.2, 0) is 13.0 Å². The number of benzene rings is 1. The molecule has 3 rings (SSSR count). The van der Waals surface area contributed by atoms with Crippen LogP contribution >= 0.6 is 0 Å². The van der Waals surface area contributed by atoms with Gasteiger partial charge in [-0.1, -0.05) is 30.3 Å². The van der Waals surface area contributed by atoms with Crippen LogP contribution in [0.4, 0.5) is 5.69 Å². The van der Waals surface area contributed by atoms with Gasteiger partial charge in [-0.05, 0) is 42.9 Å². The number of piperidine rings is 1. The highest BCUT2D eigenvalue weighted by atomic mass is 16.3. The van der Waals surface area contributed by atoms with E-state index < -0.39 is 0 Å². The molecule has 0 spiro atoms. The predicted octanol–water partition coefficient (Wildman–Crippen LogP) is 3.03. The van der Waals surface area contributed by atoms with Crippen molar-refractivity contribution in [1.29, 1.82) is 0 Å². The zero-order chi connectivity index (χ0) is 14.5. The SMILES string of the molecule is OCc1cc(N2CCC(Cc3ccccc3)CC2)ccn1. The van der Waals surface area contributed by atoms with E-state index >= 15 is 0 Å². The highest BCUT2D eigenvalue weighted by Gasteiger charge is 2.19. The van der Waals surface area contributed by atoms with Crippen molar-refractivity contribution in [3.05, 3.63) is 59.9 Å². The van der Waals surface area contributed by atoms with E-state index in [0.717, 1.165) is 24.7 Å². The first kappa shape index (κ1) is 14.1. The van der Waals surface area contributed by atoms with Gasteiger partial charge in [-0.15, -0.1) is 0 Å². The molecule has 1 aromatic heterocycles. The van der Waals surface area contributed by atoms with Gasteiger partial charge in [-0.2, -0.15) is 0 Å². The van der Waals surface area contributed by atoms with Crippen LogP contribution in [0.3, 0.4) is 0 Å². The van der Waals surface area contributed by atoms with Crippen molar-refractivity contribution in [1.82, 2.24) is 4.98 Å². The first-order valence-electron chi connectivity index (χ1n) is 7.70. The summed E-state index contributed by atoms with van der Waals surface area (Å²) in [6, 6.07) is 14.8. The fourth-order valence-electron chi connectivity index (χ4n) is 3.09. The normalized spacial score (nSPS) is 16.1. The molecule has 0 unspecified atom stereocenters. The third kappa shape index (κ3) is 3.61. The van der Waals surface area contributed by atoms with E-state index in [1.54, 1.807) is 6.20 Å². The van der Waals surface area contributed by atoms with Gasteiger partial charge in [-0.25, -0.2) is 0 Å². The Labute approximate surface area is 126 Å². The highest BCUT2D eigenvalue weighted by Crippen LogP contribution is 2.25. The Morgan fingerprint density at radius 1 is 1.10 bits per heavy atom. The van der Waals surface area contributed by atoms with E-state index in [0.29, 0.717) is 0 Å². The van der Waals surface area contributed by atoms with Gasteiger partial charge in [0.2, 0.25) is 0 Å². The van der Waals surface area contributed by atoms with Crippen molar-refractivity contribution in [3.63, 3.8) is 0 Å². The third-order valence-corrected chi connectivity index (χ3v) is 4.31. The van der Waals surface area contributed by atoms with Crippen LogP contribution in [-0.4, -0.2) is 23.2 Å². The summed E-state index contributed by atoms with van der Waals surface area (Å²) in [5.41, 5.74) is 3.38. The molecule has 1 aliphatic rings. The van der Waals surface area contributed by atoms with E-state index in [9.17, 15) is 5.11 Å². The second-order valence-electron chi connectivity index (χ2n) is 5.78. The monoisotopic (exact) mass is 282 g/mol. The van der Waals surface area contributed by atoms with Gasteiger partial charge < -0.3 is 10.0 Å². The molecule has 110 valence electrons. The Bertz CT molecular complexity index is 562. The maximum absolute atomic E-state index is 9.19. The van der Waals surface area contributed by atoms with Crippen molar-refractivity contribution >= 4 is 5.69 Å². The molecule has 0 amide bonds. The Kier molecular flexibility index (Phi) is 4.51. The molecule has 1 aromatic carbocycles. The van der Waals surface area contributed by atoms with Crippen molar-refractivity contribution < 1.29 is 5.11 Å². The van der Waals surface area contributed by atoms with Gasteiger partial charge in [0.1, 0.15) is 0 Å². The maximum atomic E-state index is 9.19. The van der Waals surface area contributed by atoms with Crippen LogP contribution in [0.5, 0.6) is 0 Å². The second-order valence-corrected chi connectivity index (χ2v) is 5.78. The molecule has 1 saturated heterocycles. The molecule has 3 nitrogen and oxygen atoms in total. The van der Waals surface area contributed by atoms with E-state index in [-0.39, 0.29) is 6.61 Å². The van der Waals surface area contributed by atoms with Crippen molar-refractivity contribution in [2.45, 2.75) is 25.9 Å². The topological polar surface area (TPSA) is 36.4 Å². The fraction of sp³-hybridized carbons (Fsp3) is 0.389. The van der Waals surface area contributed by atoms with Crippen LogP contribution in [0.1, 0.15) is 24.1 Å². The molecule has 0 radical (unpaired) electrons. The van der Waals surface area contributed by atoms with Crippen LogP contribution in [0.2, 0.25) is 0 Å². The summed E-state index contributed by atoms with van der Waals surface area (Å²) in [7, 11) is 0. The van der Waals surface area contributed by atoms with Crippen LogP contribution in [0.15, 0.2) is 48.7 Å². The molecule has 0 bridgehead atoms. The summed E-state index contributed by atoms with van der Waals surface area (Å²) >= 11 is 0. The molecular weight excluding hydrogens is 260 g/mol. The minimum atomic E-state index is 0.0122. The van der Waals surface area contributed by atoms with E-state index in [2.05, 4.69) is 40.2 Å². The zero-order valence-electron chi connectivity index (χ0n) is 12.3. The van der Waals surface area contributed by atoms with Gasteiger partial charge in [0, 0.05) is 25.0 Å². The standard InChI is InChI=1S/C18H22N2O/c21-14-17-13-18(6-9-19-17)20-10-7-16(8-11-20)12-15-4-2-1-3-5-15/h1-6,9,13,16,21H,7-8,10-12,14H2. The number of pyridine rings is 1. The minimum Gasteiger partial charge on any atom is -0.390 e. The summed E-state index contributed by atoms with van der Waals surface area (Å²) in [6.07, 6.45) is 5.43. The summed E-state index contributed by atoms with van der Waals surface area (Å²) in [5, 5.41) is 9.19. The number of anilines is 1. The second kappa shape index (κ2) is 6.72. The molecule has 0 atom stereocenters. The molecule has 1 aliphatic heterocycles. The van der Waals surface area contributed by atoms with Crippen molar-refractivity contribution in [3.8, 4) is 0 Å². The van der Waals surface area contributed by atoms with E-state index in [1.807, 2.05) is 12.1 Å². The molecule has 2 aromatic rings. The zero-order valence-corrected chi connectivity index (χ0v) is 12.3. The van der Waals surface area contributed by atoms with E-state index in [4.69, 9.17) is 0 Å². The average molecular weight is 282 g/mol. The number of aromatic nitrogens is 1. The maximum Gasteiger partial charge on any atom is 0.0853 e. The van der Waals surface area contributed by atoms with E-state index in [1.165, 1.54) is 30.5 Å². The minimum absolute atomic E-state index is 0.0122. The molecule has 21 heavy (non-hydrogen) atoms. The Morgan fingerprint density at radius 2 is 1.86 bits per heavy atom. The molecule has 2 heterocycles. The van der Waals surface area contributed by atoms with Crippen LogP contribution < -0.4 is 4.90 Å². The quantitative estimate of drug-likeness (QED) is 0.936. The first-order valence-corrected chi connectivity index (χ1v) is 7.70. The third-order valence-electron chi connectivity index (χ3n) is 4.31. The smallest absolute Gasteiger partial charge is 0.0853 e. The largest absolute Gasteiger partial charge is 0.390 e. The lowest BCUT2D eigenvalue weighted by molar-refractivity contribution is 0.277. The Hall–Kier alpha value is -1.87. The lowest BCUT2D eigenvalue weighted by Crippen LogP contribution is -2.34. The van der Waals surface area contributed by atoms with Gasteiger partial charge in [0.25, 0.3) is 0 Å². The molecule has 1 fully saturated rings. The lowest BCUT2D eigenvalue weighted by Gasteiger charge is -2.33. The highest BCUT2D eigenvalue weighted by molar-refractivity contribution is 5.46. The number of hydrogen-bond acceptors (Lipinski definition) is 3. The Balaban J connectivity index is 1.57. The Morgan fingerprint density at radius 3 is 2.57 bits per heavy atom. The summed E-state index contributed by atoms with van der Waals surface area (Å²) in [5.74, 6) is 0.780. The molecule has 3 heteroatoms. The van der Waals surface area contributed by atoms with Gasteiger partial charge >= 0.3 is 0 Å². The number of aliphatic hydroxyl groups excluding tert-OH is 1. The summed E-state index contributed by atoms with van der Waals surface area (Å²) in [4.78, 5) is 6.55. The average Bonchev–Trinajstić information content (AvgIpc) is 2.56. The number of hydrogen-bond donors (Lipinski definition) is 1. The van der Waals surface area contributed by atoms with Crippen molar-refractivity contribution in [2.75, 3.05) is 18.0 Å². The van der Waals surface area contributed by atoms with Gasteiger partial charge in [0.05, 0.1) is 12.3 Å².